The van der Waals surface area contributed by atoms with Gasteiger partial charge in [-0.1, -0.05) is 37.1 Å². The van der Waals surface area contributed by atoms with Crippen LogP contribution in [0.2, 0.25) is 0 Å². The van der Waals surface area contributed by atoms with Crippen molar-refractivity contribution in [1.82, 2.24) is 9.29 Å². The quantitative estimate of drug-likeness (QED) is 0.183. The highest BCUT2D eigenvalue weighted by molar-refractivity contribution is 7.97. The number of anilines is 1. The Morgan fingerprint density at radius 3 is 2.66 bits per heavy atom. The van der Waals surface area contributed by atoms with Crippen LogP contribution in [0.25, 0.3) is 5.57 Å². The van der Waals surface area contributed by atoms with Crippen LogP contribution in [0, 0.1) is 16.6 Å². The summed E-state index contributed by atoms with van der Waals surface area (Å²) in [6.45, 7) is 5.72. The van der Waals surface area contributed by atoms with Crippen LogP contribution in [0.4, 0.5) is 23.2 Å². The van der Waals surface area contributed by atoms with Crippen LogP contribution in [0.3, 0.4) is 0 Å². The molecule has 2 unspecified atom stereocenters. The van der Waals surface area contributed by atoms with E-state index in [1.54, 1.807) is 18.3 Å². The van der Waals surface area contributed by atoms with Crippen LogP contribution in [0.5, 0.6) is 0 Å². The molecule has 1 fully saturated rings. The summed E-state index contributed by atoms with van der Waals surface area (Å²) in [5, 5.41) is 10.2. The Kier molecular flexibility index (Phi) is 8.89. The van der Waals surface area contributed by atoms with Crippen LogP contribution < -0.4 is 5.32 Å². The summed E-state index contributed by atoms with van der Waals surface area (Å²) in [5.74, 6) is -2.34. The Bertz CT molecular complexity index is 1270. The monoisotopic (exact) mass is 542 g/mol. The number of pyridine rings is 1. The second kappa shape index (κ2) is 12.1. The van der Waals surface area contributed by atoms with Gasteiger partial charge in [0.2, 0.25) is 0 Å². The van der Waals surface area contributed by atoms with Gasteiger partial charge in [0, 0.05) is 42.3 Å². The van der Waals surface area contributed by atoms with Crippen LogP contribution in [-0.2, 0) is 0 Å². The standard InChI is InChI=1S/C29H30F4N4S/c1-3-24(32)28(33)27(16-30)38-37-13-11-21-14-26(36-23-9-7-22(31)8-10-23)20(17-34)15-29(21,18-37)19(2)25-6-4-5-12-35-25/h4-10,12,14,17,27,34,36H,2-3,11,13,15-16,18H2,1H3/b28-24-,34-17?. The molecule has 2 atom stereocenters. The highest BCUT2D eigenvalue weighted by atomic mass is 32.2. The van der Waals surface area contributed by atoms with Crippen molar-refractivity contribution in [3.63, 3.8) is 0 Å². The molecule has 4 nitrogen and oxygen atoms in total. The van der Waals surface area contributed by atoms with E-state index in [4.69, 9.17) is 5.41 Å². The molecule has 2 heterocycles. The number of hydrogen-bond donors (Lipinski definition) is 2. The molecule has 9 heteroatoms. The van der Waals surface area contributed by atoms with E-state index in [-0.39, 0.29) is 12.2 Å². The van der Waals surface area contributed by atoms with Crippen LogP contribution in [0.15, 0.2) is 89.8 Å². The van der Waals surface area contributed by atoms with Crippen LogP contribution in [0.1, 0.15) is 31.9 Å². The molecule has 0 saturated carbocycles. The van der Waals surface area contributed by atoms with Gasteiger partial charge in [-0.15, -0.1) is 0 Å². The topological polar surface area (TPSA) is 52.0 Å². The molecule has 1 aromatic heterocycles. The van der Waals surface area contributed by atoms with E-state index in [1.807, 2.05) is 28.6 Å². The van der Waals surface area contributed by atoms with Gasteiger partial charge in [-0.2, -0.15) is 0 Å². The summed E-state index contributed by atoms with van der Waals surface area (Å²) in [6.07, 6.45) is 5.79. The first-order chi connectivity index (χ1) is 18.3. The van der Waals surface area contributed by atoms with E-state index in [0.717, 1.165) is 28.8 Å². The molecule has 0 bridgehead atoms. The van der Waals surface area contributed by atoms with Gasteiger partial charge in [0.1, 0.15) is 29.4 Å². The molecule has 1 saturated heterocycles. The molecule has 2 N–H and O–H groups in total. The van der Waals surface area contributed by atoms with Crippen molar-refractivity contribution in [3.05, 3.63) is 101 Å². The lowest BCUT2D eigenvalue weighted by molar-refractivity contribution is 0.284. The van der Waals surface area contributed by atoms with Gasteiger partial charge in [0.25, 0.3) is 0 Å². The summed E-state index contributed by atoms with van der Waals surface area (Å²) in [4.78, 5) is 4.50. The zero-order valence-electron chi connectivity index (χ0n) is 21.1. The van der Waals surface area contributed by atoms with Crippen molar-refractivity contribution < 1.29 is 17.6 Å². The van der Waals surface area contributed by atoms with E-state index >= 15 is 0 Å². The minimum absolute atomic E-state index is 0.131. The number of fused-ring (bicyclic) bond motifs is 1. The Labute approximate surface area is 224 Å². The van der Waals surface area contributed by atoms with Crippen LogP contribution in [-0.4, -0.2) is 40.5 Å². The smallest absolute Gasteiger partial charge is 0.148 e. The summed E-state index contributed by atoms with van der Waals surface area (Å²) < 4.78 is 57.6. The molecule has 38 heavy (non-hydrogen) atoms. The molecule has 0 amide bonds. The lowest BCUT2D eigenvalue weighted by Crippen LogP contribution is -2.45. The molecule has 2 aliphatic rings. The number of benzene rings is 1. The van der Waals surface area contributed by atoms with E-state index in [0.29, 0.717) is 42.9 Å². The molecule has 0 radical (unpaired) electrons. The fraction of sp³-hybridized carbons (Fsp3) is 0.310. The SMILES string of the molecule is C=C(c1ccccn1)C12CC(C=N)=C(Nc3ccc(F)cc3)C=C1CCN(SC(CF)/C(F)=C(/F)CC)C2. The fourth-order valence-electron chi connectivity index (χ4n) is 4.90. The summed E-state index contributed by atoms with van der Waals surface area (Å²) in [5.41, 5.74) is 3.91. The predicted octanol–water partition coefficient (Wildman–Crippen LogP) is 7.82. The van der Waals surface area contributed by atoms with E-state index in [1.165, 1.54) is 25.3 Å². The van der Waals surface area contributed by atoms with E-state index in [9.17, 15) is 17.6 Å². The number of aromatic nitrogens is 1. The van der Waals surface area contributed by atoms with E-state index in [2.05, 4.69) is 16.9 Å². The number of alkyl halides is 1. The largest absolute Gasteiger partial charge is 0.355 e. The molecule has 2 aromatic rings. The van der Waals surface area contributed by atoms with Gasteiger partial charge in [-0.05, 0) is 72.9 Å². The highest BCUT2D eigenvalue weighted by Crippen LogP contribution is 2.53. The average Bonchev–Trinajstić information content (AvgIpc) is 2.95. The average molecular weight is 543 g/mol. The zero-order valence-corrected chi connectivity index (χ0v) is 21.9. The third-order valence-electron chi connectivity index (χ3n) is 6.97. The summed E-state index contributed by atoms with van der Waals surface area (Å²) in [7, 11) is 0. The lowest BCUT2D eigenvalue weighted by atomic mass is 9.64. The van der Waals surface area contributed by atoms with Crippen molar-refractivity contribution in [1.29, 1.82) is 5.41 Å². The van der Waals surface area contributed by atoms with Crippen molar-refractivity contribution in [2.24, 2.45) is 5.41 Å². The molecular formula is C29H30F4N4S. The molecule has 4 rings (SSSR count). The minimum atomic E-state index is -1.27. The van der Waals surface area contributed by atoms with Crippen molar-refractivity contribution >= 4 is 29.4 Å². The molecule has 200 valence electrons. The van der Waals surface area contributed by atoms with E-state index < -0.39 is 29.0 Å². The molecule has 1 aliphatic heterocycles. The first-order valence-corrected chi connectivity index (χ1v) is 13.2. The Morgan fingerprint density at radius 2 is 2.03 bits per heavy atom. The number of hydrogen-bond acceptors (Lipinski definition) is 5. The first-order valence-electron chi connectivity index (χ1n) is 12.4. The van der Waals surface area contributed by atoms with Crippen molar-refractivity contribution in [2.45, 2.75) is 31.4 Å². The summed E-state index contributed by atoms with van der Waals surface area (Å²) >= 11 is 0.970. The van der Waals surface area contributed by atoms with Crippen molar-refractivity contribution in [3.8, 4) is 0 Å². The lowest BCUT2D eigenvalue weighted by Gasteiger charge is -2.48. The highest BCUT2D eigenvalue weighted by Gasteiger charge is 2.46. The van der Waals surface area contributed by atoms with Gasteiger partial charge < -0.3 is 10.7 Å². The third-order valence-corrected chi connectivity index (χ3v) is 8.16. The normalized spacial score (nSPS) is 21.2. The maximum absolute atomic E-state index is 14.6. The number of halogens is 4. The van der Waals surface area contributed by atoms with Gasteiger partial charge in [-0.3, -0.25) is 4.98 Å². The molecule has 1 aromatic carbocycles. The second-order valence-electron chi connectivity index (χ2n) is 9.31. The van der Waals surface area contributed by atoms with Crippen molar-refractivity contribution in [2.75, 3.05) is 25.1 Å². The Morgan fingerprint density at radius 1 is 1.26 bits per heavy atom. The van der Waals surface area contributed by atoms with Gasteiger partial charge >= 0.3 is 0 Å². The number of nitrogens with zero attached hydrogens (tertiary/aromatic N) is 2. The Balaban J connectivity index is 1.70. The predicted molar refractivity (Wildman–Crippen MR) is 147 cm³/mol. The molecule has 0 spiro atoms. The van der Waals surface area contributed by atoms with Gasteiger partial charge in [0.05, 0.1) is 5.69 Å². The third kappa shape index (κ3) is 5.78. The number of allylic oxidation sites excluding steroid dienone is 3. The first kappa shape index (κ1) is 27.9. The van der Waals surface area contributed by atoms with Gasteiger partial charge in [0.15, 0.2) is 0 Å². The van der Waals surface area contributed by atoms with Gasteiger partial charge in [-0.25, -0.2) is 21.9 Å². The fourth-order valence-corrected chi connectivity index (χ4v) is 6.03. The van der Waals surface area contributed by atoms with Crippen LogP contribution >= 0.6 is 11.9 Å². The maximum atomic E-state index is 14.6. The Hall–Kier alpha value is -3.17. The second-order valence-corrected chi connectivity index (χ2v) is 10.6. The maximum Gasteiger partial charge on any atom is 0.148 e. The minimum Gasteiger partial charge on any atom is -0.355 e. The number of nitrogens with one attached hydrogen (secondary N) is 2. The molecule has 1 aliphatic carbocycles. The molecular weight excluding hydrogens is 512 g/mol. The number of rotatable bonds is 10. The summed E-state index contributed by atoms with van der Waals surface area (Å²) in [6, 6.07) is 11.5. The zero-order chi connectivity index (χ0) is 27.3. The number of piperidine rings is 1.